The van der Waals surface area contributed by atoms with Gasteiger partial charge in [-0.15, -0.1) is 0 Å². The average molecular weight is 601 g/mol. The third kappa shape index (κ3) is 28.6. The SMILES string of the molecule is CCCCCCCCCCCC/C=C/CC/C=C/CC/C=C/C(O)C(COP(=O)([O-])OCC[N+](C)(C)C)NC(C)=O. The van der Waals surface area contributed by atoms with Crippen molar-refractivity contribution in [3.05, 3.63) is 36.5 Å². The fourth-order valence-electron chi connectivity index (χ4n) is 4.10. The molecule has 0 aromatic rings. The van der Waals surface area contributed by atoms with Crippen LogP contribution in [0.5, 0.6) is 0 Å². The molecule has 0 saturated heterocycles. The zero-order valence-electron chi connectivity index (χ0n) is 26.7. The van der Waals surface area contributed by atoms with Gasteiger partial charge >= 0.3 is 0 Å². The molecule has 3 atom stereocenters. The topological polar surface area (TPSA) is 108 Å². The van der Waals surface area contributed by atoms with Crippen molar-refractivity contribution in [2.45, 2.75) is 122 Å². The van der Waals surface area contributed by atoms with Crippen LogP contribution >= 0.6 is 7.82 Å². The van der Waals surface area contributed by atoms with E-state index in [1.165, 1.54) is 77.6 Å². The zero-order valence-corrected chi connectivity index (χ0v) is 27.6. The first-order valence-electron chi connectivity index (χ1n) is 15.8. The van der Waals surface area contributed by atoms with Gasteiger partial charge in [-0.2, -0.15) is 0 Å². The predicted molar refractivity (Wildman–Crippen MR) is 168 cm³/mol. The summed E-state index contributed by atoms with van der Waals surface area (Å²) in [5.74, 6) is -0.391. The van der Waals surface area contributed by atoms with E-state index in [4.69, 9.17) is 9.05 Å². The van der Waals surface area contributed by atoms with Crippen LogP contribution in [-0.2, 0) is 18.4 Å². The van der Waals surface area contributed by atoms with Gasteiger partial charge in [0.25, 0.3) is 7.82 Å². The van der Waals surface area contributed by atoms with Crippen molar-refractivity contribution in [3.63, 3.8) is 0 Å². The number of phosphoric ester groups is 1. The molecule has 0 spiro atoms. The molecule has 0 heterocycles. The van der Waals surface area contributed by atoms with Crippen molar-refractivity contribution < 1.29 is 32.9 Å². The summed E-state index contributed by atoms with van der Waals surface area (Å²) in [6.45, 7) is 3.63. The van der Waals surface area contributed by atoms with Gasteiger partial charge in [0.15, 0.2) is 0 Å². The second-order valence-electron chi connectivity index (χ2n) is 11.9. The molecule has 0 rings (SSSR count). The van der Waals surface area contributed by atoms with Crippen molar-refractivity contribution in [2.24, 2.45) is 0 Å². The highest BCUT2D eigenvalue weighted by atomic mass is 31.2. The summed E-state index contributed by atoms with van der Waals surface area (Å²) >= 11 is 0. The largest absolute Gasteiger partial charge is 0.756 e. The van der Waals surface area contributed by atoms with E-state index < -0.39 is 32.5 Å². The van der Waals surface area contributed by atoms with E-state index in [1.807, 2.05) is 27.2 Å². The first-order valence-corrected chi connectivity index (χ1v) is 17.3. The maximum atomic E-state index is 12.0. The number of phosphoric acid groups is 1. The maximum absolute atomic E-state index is 12.0. The molecule has 240 valence electrons. The number of amides is 1. The lowest BCUT2D eigenvalue weighted by molar-refractivity contribution is -0.870. The number of hydrogen-bond acceptors (Lipinski definition) is 6. The Bertz CT molecular complexity index is 779. The summed E-state index contributed by atoms with van der Waals surface area (Å²) < 4.78 is 22.4. The zero-order chi connectivity index (χ0) is 30.8. The summed E-state index contributed by atoms with van der Waals surface area (Å²) in [6, 6.07) is -0.907. The van der Waals surface area contributed by atoms with Crippen LogP contribution < -0.4 is 10.2 Å². The van der Waals surface area contributed by atoms with Gasteiger partial charge in [-0.1, -0.05) is 101 Å². The Labute approximate surface area is 251 Å². The highest BCUT2D eigenvalue weighted by Gasteiger charge is 2.22. The molecule has 0 radical (unpaired) electrons. The predicted octanol–water partition coefficient (Wildman–Crippen LogP) is 6.60. The second kappa shape index (κ2) is 25.2. The Morgan fingerprint density at radius 1 is 0.829 bits per heavy atom. The number of hydrogen-bond donors (Lipinski definition) is 2. The number of allylic oxidation sites excluding steroid dienone is 5. The molecule has 0 aromatic carbocycles. The van der Waals surface area contributed by atoms with Gasteiger partial charge in [0.05, 0.1) is 39.9 Å². The molecule has 0 aliphatic heterocycles. The van der Waals surface area contributed by atoms with E-state index in [9.17, 15) is 19.4 Å². The number of likely N-dealkylation sites (N-methyl/N-ethyl adjacent to an activating group) is 1. The summed E-state index contributed by atoms with van der Waals surface area (Å²) in [5, 5.41) is 13.0. The van der Waals surface area contributed by atoms with Gasteiger partial charge in [-0.05, 0) is 38.5 Å². The molecule has 2 N–H and O–H groups in total. The van der Waals surface area contributed by atoms with Crippen molar-refractivity contribution in [2.75, 3.05) is 40.9 Å². The van der Waals surface area contributed by atoms with E-state index >= 15 is 0 Å². The van der Waals surface area contributed by atoms with Crippen molar-refractivity contribution in [1.29, 1.82) is 0 Å². The fourth-order valence-corrected chi connectivity index (χ4v) is 4.82. The molecular weight excluding hydrogens is 539 g/mol. The van der Waals surface area contributed by atoms with Crippen LogP contribution in [0.1, 0.15) is 110 Å². The van der Waals surface area contributed by atoms with Crippen molar-refractivity contribution in [3.8, 4) is 0 Å². The molecular formula is C32H61N2O6P. The first kappa shape index (κ1) is 39.7. The Balaban J connectivity index is 4.04. The maximum Gasteiger partial charge on any atom is 0.268 e. The molecule has 0 saturated carbocycles. The number of quaternary nitrogens is 1. The fraction of sp³-hybridized carbons (Fsp3) is 0.781. The molecule has 0 bridgehead atoms. The average Bonchev–Trinajstić information content (AvgIpc) is 2.88. The smallest absolute Gasteiger partial charge is 0.268 e. The minimum atomic E-state index is -4.54. The summed E-state index contributed by atoms with van der Waals surface area (Å²) in [4.78, 5) is 23.6. The Morgan fingerprint density at radius 2 is 1.32 bits per heavy atom. The highest BCUT2D eigenvalue weighted by molar-refractivity contribution is 7.45. The van der Waals surface area contributed by atoms with Crippen LogP contribution in [0.4, 0.5) is 0 Å². The summed E-state index contributed by atoms with van der Waals surface area (Å²) in [7, 11) is 1.22. The Morgan fingerprint density at radius 3 is 1.83 bits per heavy atom. The summed E-state index contributed by atoms with van der Waals surface area (Å²) in [6.07, 6.45) is 29.7. The Hall–Kier alpha value is -1.28. The number of carbonyl (C=O) groups excluding carboxylic acids is 1. The number of carbonyl (C=O) groups is 1. The van der Waals surface area contributed by atoms with E-state index in [-0.39, 0.29) is 6.61 Å². The van der Waals surface area contributed by atoms with Gasteiger partial charge in [-0.3, -0.25) is 9.36 Å². The number of aliphatic hydroxyl groups is 1. The minimum Gasteiger partial charge on any atom is -0.756 e. The van der Waals surface area contributed by atoms with Gasteiger partial charge in [0, 0.05) is 6.92 Å². The lowest BCUT2D eigenvalue weighted by Gasteiger charge is -2.29. The lowest BCUT2D eigenvalue weighted by atomic mass is 10.1. The molecule has 0 aliphatic rings. The van der Waals surface area contributed by atoms with Gasteiger partial charge in [0.1, 0.15) is 13.2 Å². The van der Waals surface area contributed by atoms with Crippen molar-refractivity contribution in [1.82, 2.24) is 5.32 Å². The van der Waals surface area contributed by atoms with Crippen LogP contribution in [0.2, 0.25) is 0 Å². The van der Waals surface area contributed by atoms with Gasteiger partial charge < -0.3 is 28.8 Å². The molecule has 9 heteroatoms. The molecule has 0 aromatic heterocycles. The molecule has 0 fully saturated rings. The third-order valence-corrected chi connectivity index (χ3v) is 7.58. The lowest BCUT2D eigenvalue weighted by Crippen LogP contribution is -2.45. The highest BCUT2D eigenvalue weighted by Crippen LogP contribution is 2.38. The monoisotopic (exact) mass is 600 g/mol. The van der Waals surface area contributed by atoms with E-state index in [0.29, 0.717) is 11.0 Å². The van der Waals surface area contributed by atoms with E-state index in [2.05, 4.69) is 36.5 Å². The number of unbranched alkanes of at least 4 members (excludes halogenated alkanes) is 12. The minimum absolute atomic E-state index is 0.0132. The van der Waals surface area contributed by atoms with E-state index in [1.54, 1.807) is 6.08 Å². The van der Waals surface area contributed by atoms with Crippen LogP contribution in [0.3, 0.4) is 0 Å². The molecule has 8 nitrogen and oxygen atoms in total. The quantitative estimate of drug-likeness (QED) is 0.0476. The van der Waals surface area contributed by atoms with Crippen LogP contribution in [0.25, 0.3) is 0 Å². The van der Waals surface area contributed by atoms with Gasteiger partial charge in [0.2, 0.25) is 5.91 Å². The first-order chi connectivity index (χ1) is 19.5. The molecule has 41 heavy (non-hydrogen) atoms. The second-order valence-corrected chi connectivity index (χ2v) is 13.3. The van der Waals surface area contributed by atoms with Crippen molar-refractivity contribution >= 4 is 13.7 Å². The summed E-state index contributed by atoms with van der Waals surface area (Å²) in [5.41, 5.74) is 0. The molecule has 0 aliphatic carbocycles. The normalized spacial score (nSPS) is 15.6. The number of nitrogens with one attached hydrogen (secondary N) is 1. The van der Waals surface area contributed by atoms with E-state index in [0.717, 1.165) is 25.7 Å². The third-order valence-electron chi connectivity index (χ3n) is 6.62. The van der Waals surface area contributed by atoms with Crippen LogP contribution in [0.15, 0.2) is 36.5 Å². The number of aliphatic hydroxyl groups excluding tert-OH is 1. The van der Waals surface area contributed by atoms with Crippen LogP contribution in [-0.4, -0.2) is 68.5 Å². The molecule has 3 unspecified atom stereocenters. The Kier molecular flexibility index (Phi) is 24.5. The number of nitrogens with zero attached hydrogens (tertiary/aromatic N) is 1. The van der Waals surface area contributed by atoms with Gasteiger partial charge in [-0.25, -0.2) is 0 Å². The van der Waals surface area contributed by atoms with Crippen LogP contribution in [0, 0.1) is 0 Å². The molecule has 1 amide bonds. The number of rotatable bonds is 27. The standard InChI is InChI=1S/C32H61N2O6P/c1-6-7-8-9-10-11-12-13-14-15-16-17-18-19-20-21-22-23-24-25-26-32(36)31(33-30(2)35)29-40-41(37,38)39-28-27-34(3,4)5/h17-18,21-22,25-26,31-32,36H,6-16,19-20,23-24,27-29H2,1-5H3,(H-,33,35,37,38)/b18-17+,22-21+,26-25+.